The Kier molecular flexibility index (Phi) is 20.3. The monoisotopic (exact) mass is 981 g/mol. The van der Waals surface area contributed by atoms with E-state index in [1.807, 2.05) is 81.1 Å². The molecule has 3 aliphatic rings. The molecule has 5 amide bonds. The van der Waals surface area contributed by atoms with E-state index in [1.165, 1.54) is 20.6 Å². The minimum absolute atomic E-state index is 0.00657. The summed E-state index contributed by atoms with van der Waals surface area (Å²) in [5, 5.41) is 8.58. The van der Waals surface area contributed by atoms with Crippen molar-refractivity contribution in [3.05, 3.63) is 78.4 Å². The summed E-state index contributed by atoms with van der Waals surface area (Å²) in [5.74, 6) is 1.61. The second-order valence-electron chi connectivity index (χ2n) is 18.0. The molecule has 5 heterocycles. The van der Waals surface area contributed by atoms with Crippen LogP contribution in [0.15, 0.2) is 67.0 Å². The maximum absolute atomic E-state index is 13.9. The predicted octanol–water partition coefficient (Wildman–Crippen LogP) is 6.29. The molecule has 0 aliphatic carbocycles. The van der Waals surface area contributed by atoms with Crippen molar-refractivity contribution in [2.75, 3.05) is 83.9 Å². The van der Waals surface area contributed by atoms with Gasteiger partial charge in [0.25, 0.3) is 12.4 Å². The van der Waals surface area contributed by atoms with E-state index in [0.29, 0.717) is 81.6 Å². The fourth-order valence-corrected chi connectivity index (χ4v) is 9.11. The molecule has 19 heteroatoms. The Hall–Kier alpha value is -7.02. The Morgan fingerprint density at radius 1 is 0.887 bits per heavy atom. The number of methoxy groups -OCH3 is 2. The van der Waals surface area contributed by atoms with Gasteiger partial charge in [-0.05, 0) is 87.9 Å². The maximum atomic E-state index is 13.9. The van der Waals surface area contributed by atoms with Crippen LogP contribution >= 0.6 is 0 Å². The topological polar surface area (TPSA) is 221 Å². The van der Waals surface area contributed by atoms with Crippen molar-refractivity contribution >= 4 is 47.7 Å². The van der Waals surface area contributed by atoms with Gasteiger partial charge in [0.1, 0.15) is 29.5 Å². The summed E-state index contributed by atoms with van der Waals surface area (Å²) in [6.45, 7) is 16.1. The minimum Gasteiger partial charge on any atom is -0.493 e. The highest BCUT2D eigenvalue weighted by Gasteiger charge is 2.49. The third kappa shape index (κ3) is 13.7. The number of aromatic amines is 1. The van der Waals surface area contributed by atoms with Gasteiger partial charge in [-0.1, -0.05) is 58.4 Å². The lowest BCUT2D eigenvalue weighted by Crippen LogP contribution is -2.62. The number of likely N-dealkylation sites (N-methyl/N-ethyl adjacent to an activating group) is 1. The standard InChI is InChI=1S/C47H60N10O7.C3H8.C2H4O2/c1-7-64-38-26-34(16-17-35(38)31-11-13-32(14-12-31)36-28-50-42(53-36)37-10-8-20-56(37)40(58)29-51-46(62)63-6)52-43(59)33-15-18-39(49-27-33)54-22-24-55(25-23-54)45(61)47(4)19-9-21-57(47)44(60)41(48-5)30(2)3;1-3-2;1-4-2-3/h11-18,26-28,30,37,41,48H,7-10,19-25,29H2,1-6H3,(H,50,53)(H,51,62)(H,52,59);3H2,1-2H3;2H,1H3/t37?,41?,47-;;/m0../s1. The number of imidazole rings is 1. The molecule has 3 fully saturated rings. The maximum Gasteiger partial charge on any atom is 0.407 e. The highest BCUT2D eigenvalue weighted by atomic mass is 16.5. The number of benzene rings is 2. The number of pyridine rings is 1. The lowest BCUT2D eigenvalue weighted by atomic mass is 9.94. The summed E-state index contributed by atoms with van der Waals surface area (Å²) in [6, 6.07) is 16.6. The van der Waals surface area contributed by atoms with E-state index in [0.717, 1.165) is 47.5 Å². The van der Waals surface area contributed by atoms with E-state index in [-0.39, 0.29) is 48.2 Å². The predicted molar refractivity (Wildman–Crippen MR) is 272 cm³/mol. The van der Waals surface area contributed by atoms with Gasteiger partial charge in [0.2, 0.25) is 17.7 Å². The molecule has 4 N–H and O–H groups in total. The van der Waals surface area contributed by atoms with Gasteiger partial charge in [0.15, 0.2) is 0 Å². The first-order valence-corrected chi connectivity index (χ1v) is 24.5. The molecule has 0 radical (unpaired) electrons. The van der Waals surface area contributed by atoms with Crippen molar-refractivity contribution in [2.24, 2.45) is 5.92 Å². The van der Waals surface area contributed by atoms with Crippen LogP contribution in [0.1, 0.15) is 95.9 Å². The molecule has 3 atom stereocenters. The molecule has 3 aliphatic heterocycles. The number of piperazine rings is 1. The molecular weight excluding hydrogens is 909 g/mol. The Morgan fingerprint density at radius 3 is 2.18 bits per heavy atom. The first-order valence-electron chi connectivity index (χ1n) is 24.5. The van der Waals surface area contributed by atoms with E-state index >= 15 is 0 Å². The van der Waals surface area contributed by atoms with Gasteiger partial charge in [0.05, 0.1) is 50.4 Å². The van der Waals surface area contributed by atoms with Crippen molar-refractivity contribution in [2.45, 2.75) is 91.3 Å². The summed E-state index contributed by atoms with van der Waals surface area (Å²) < 4.78 is 14.5. The highest BCUT2D eigenvalue weighted by molar-refractivity contribution is 6.04. The molecule has 7 rings (SSSR count). The summed E-state index contributed by atoms with van der Waals surface area (Å²) in [7, 11) is 4.36. The molecule has 19 nitrogen and oxygen atoms in total. The lowest BCUT2D eigenvalue weighted by Gasteiger charge is -2.43. The molecule has 0 spiro atoms. The van der Waals surface area contributed by atoms with E-state index in [1.54, 1.807) is 35.3 Å². The van der Waals surface area contributed by atoms with Crippen LogP contribution in [0.2, 0.25) is 0 Å². The van der Waals surface area contributed by atoms with Crippen LogP contribution in [-0.4, -0.2) is 151 Å². The zero-order valence-corrected chi connectivity index (χ0v) is 42.7. The number of carbonyl (C=O) groups is 6. The van der Waals surface area contributed by atoms with Gasteiger partial charge in [-0.15, -0.1) is 0 Å². The van der Waals surface area contributed by atoms with Gasteiger partial charge < -0.3 is 54.7 Å². The van der Waals surface area contributed by atoms with Crippen molar-refractivity contribution in [1.82, 2.24) is 40.3 Å². The van der Waals surface area contributed by atoms with Crippen LogP contribution in [0.4, 0.5) is 16.3 Å². The molecule has 2 aromatic carbocycles. The van der Waals surface area contributed by atoms with Crippen molar-refractivity contribution < 1.29 is 43.0 Å². The Balaban J connectivity index is 0.00000126. The zero-order chi connectivity index (χ0) is 51.7. The molecule has 4 aromatic rings. The van der Waals surface area contributed by atoms with Crippen LogP contribution in [0, 0.1) is 5.92 Å². The summed E-state index contributed by atoms with van der Waals surface area (Å²) in [4.78, 5) is 94.2. The average Bonchev–Trinajstić information content (AvgIpc) is 4.17. The Morgan fingerprint density at radius 2 is 1.58 bits per heavy atom. The zero-order valence-electron chi connectivity index (χ0n) is 42.7. The normalized spacial score (nSPS) is 17.8. The molecule has 71 heavy (non-hydrogen) atoms. The number of alkyl carbamates (subject to hydrolysis) is 1. The third-order valence-corrected chi connectivity index (χ3v) is 12.7. The molecule has 384 valence electrons. The molecule has 0 bridgehead atoms. The first kappa shape index (κ1) is 54.9. The molecule has 0 saturated carbocycles. The molecule has 3 saturated heterocycles. The van der Waals surface area contributed by atoms with Crippen LogP contribution in [-0.2, 0) is 28.7 Å². The number of nitrogens with zero attached hydrogens (tertiary/aromatic N) is 6. The largest absolute Gasteiger partial charge is 0.493 e. The average molecular weight is 981 g/mol. The number of nitrogens with one attached hydrogen (secondary N) is 4. The first-order chi connectivity index (χ1) is 34.2. The smallest absolute Gasteiger partial charge is 0.407 e. The number of likely N-dealkylation sites (tertiary alicyclic amines) is 2. The fraction of sp³-hybridized carbons (Fsp3) is 0.500. The van der Waals surface area contributed by atoms with Crippen LogP contribution < -0.4 is 25.6 Å². The fourth-order valence-electron chi connectivity index (χ4n) is 9.11. The number of hydrogen-bond donors (Lipinski definition) is 4. The second kappa shape index (κ2) is 26.3. The number of anilines is 2. The van der Waals surface area contributed by atoms with Gasteiger partial charge in [-0.2, -0.15) is 0 Å². The highest BCUT2D eigenvalue weighted by Crippen LogP contribution is 2.36. The van der Waals surface area contributed by atoms with Crippen molar-refractivity contribution in [3.8, 4) is 28.1 Å². The van der Waals surface area contributed by atoms with E-state index in [4.69, 9.17) is 9.53 Å². The minimum atomic E-state index is -0.863. The SMILES string of the molecule is CCC.CCOc1cc(NC(=O)c2ccc(N3CCN(C(=O)[C@]4(C)CCCN4C(=O)C(NC)C(C)C)CC3)nc2)ccc1-c1ccc(-c2cnc(C3CCCN3C(=O)CNC(=O)OC)[nH]2)cc1.COC=O. The van der Waals surface area contributed by atoms with E-state index in [2.05, 4.69) is 59.1 Å². The number of ether oxygens (including phenoxy) is 3. The van der Waals surface area contributed by atoms with Gasteiger partial charge in [0, 0.05) is 62.8 Å². The van der Waals surface area contributed by atoms with Crippen molar-refractivity contribution in [1.29, 1.82) is 0 Å². The number of hydrogen-bond acceptors (Lipinski definition) is 13. The van der Waals surface area contributed by atoms with Gasteiger partial charge in [-0.3, -0.25) is 24.0 Å². The number of rotatable bonds is 15. The summed E-state index contributed by atoms with van der Waals surface area (Å²) >= 11 is 0. The van der Waals surface area contributed by atoms with E-state index in [9.17, 15) is 24.0 Å². The van der Waals surface area contributed by atoms with Gasteiger partial charge >= 0.3 is 6.09 Å². The summed E-state index contributed by atoms with van der Waals surface area (Å²) in [6.07, 6.45) is 6.97. The van der Waals surface area contributed by atoms with Crippen molar-refractivity contribution in [3.63, 3.8) is 0 Å². The van der Waals surface area contributed by atoms with Crippen LogP contribution in [0.3, 0.4) is 0 Å². The molecule has 2 aromatic heterocycles. The number of carbonyl (C=O) groups excluding carboxylic acids is 6. The van der Waals surface area contributed by atoms with E-state index < -0.39 is 11.6 Å². The Bertz CT molecular complexity index is 2400. The molecule has 2 unspecified atom stereocenters. The second-order valence-corrected chi connectivity index (χ2v) is 18.0. The van der Waals surface area contributed by atoms with Crippen LogP contribution in [0.25, 0.3) is 22.4 Å². The number of aromatic nitrogens is 3. The number of H-pyrrole nitrogens is 1. The van der Waals surface area contributed by atoms with Crippen LogP contribution in [0.5, 0.6) is 5.75 Å². The Labute approximate surface area is 417 Å². The summed E-state index contributed by atoms with van der Waals surface area (Å²) in [5.41, 5.74) is 3.64. The third-order valence-electron chi connectivity index (χ3n) is 12.7. The number of amides is 5. The van der Waals surface area contributed by atoms with Gasteiger partial charge in [-0.25, -0.2) is 14.8 Å². The lowest BCUT2D eigenvalue weighted by molar-refractivity contribution is -0.152. The molecular formula is C52H72N10O9. The quantitative estimate of drug-likeness (QED) is 0.0964.